The predicted octanol–water partition coefficient (Wildman–Crippen LogP) is 4.42. The molecule has 1 heterocycles. The molecule has 1 aromatic heterocycles. The van der Waals surface area contributed by atoms with Crippen LogP contribution in [0.4, 0.5) is 5.00 Å². The third kappa shape index (κ3) is 3.78. The number of benzene rings is 1. The number of aryl methyl sites for hydroxylation is 3. The summed E-state index contributed by atoms with van der Waals surface area (Å²) in [6.45, 7) is 3.75. The third-order valence-electron chi connectivity index (χ3n) is 4.34. The molecule has 1 amide bonds. The highest BCUT2D eigenvalue weighted by molar-refractivity contribution is 9.10. The van der Waals surface area contributed by atoms with Crippen LogP contribution in [0.1, 0.15) is 38.3 Å². The van der Waals surface area contributed by atoms with Gasteiger partial charge in [-0.3, -0.25) is 4.79 Å². The quantitative estimate of drug-likeness (QED) is 0.702. The second-order valence-corrected chi connectivity index (χ2v) is 8.28. The maximum absolute atomic E-state index is 12.4. The molecule has 7 heteroatoms. The molecular weight excluding hydrogens is 418 g/mol. The topological polar surface area (TPSA) is 64.6 Å². The Balaban J connectivity index is 1.73. The second kappa shape index (κ2) is 7.80. The fraction of sp³-hybridized carbons (Fsp3) is 0.368. The molecule has 0 spiro atoms. The van der Waals surface area contributed by atoms with E-state index in [4.69, 9.17) is 9.47 Å². The number of anilines is 1. The van der Waals surface area contributed by atoms with Gasteiger partial charge in [0.05, 0.1) is 12.7 Å². The molecule has 1 aromatic carbocycles. The van der Waals surface area contributed by atoms with Crippen LogP contribution < -0.4 is 10.1 Å². The van der Waals surface area contributed by atoms with Gasteiger partial charge in [-0.1, -0.05) is 15.9 Å². The number of carbonyl (C=O) groups excluding carboxylic acids is 2. The zero-order chi connectivity index (χ0) is 18.8. The molecule has 0 atom stereocenters. The van der Waals surface area contributed by atoms with Crippen molar-refractivity contribution < 1.29 is 19.1 Å². The molecule has 0 fully saturated rings. The molecular formula is C19H20BrNO4S. The fourth-order valence-corrected chi connectivity index (χ4v) is 5.22. The van der Waals surface area contributed by atoms with Crippen LogP contribution in [-0.2, 0) is 22.4 Å². The maximum atomic E-state index is 12.4. The summed E-state index contributed by atoms with van der Waals surface area (Å²) in [5.41, 5.74) is 3.41. The number of fused-ring (bicyclic) bond motifs is 1. The number of hydrogen-bond donors (Lipinski definition) is 1. The number of rotatable bonds is 5. The minimum atomic E-state index is -0.403. The normalized spacial score (nSPS) is 12.6. The molecule has 0 saturated heterocycles. The number of hydrogen-bond acceptors (Lipinski definition) is 5. The smallest absolute Gasteiger partial charge is 0.341 e. The Bertz CT molecular complexity index is 852. The van der Waals surface area contributed by atoms with Gasteiger partial charge in [0, 0.05) is 9.35 Å². The molecule has 138 valence electrons. The Morgan fingerprint density at radius 1 is 1.23 bits per heavy atom. The molecule has 3 rings (SSSR count). The molecule has 0 saturated carbocycles. The average Bonchev–Trinajstić information content (AvgIpc) is 3.13. The lowest BCUT2D eigenvalue weighted by molar-refractivity contribution is -0.118. The van der Waals surface area contributed by atoms with Crippen molar-refractivity contribution in [3.05, 3.63) is 43.7 Å². The van der Waals surface area contributed by atoms with E-state index in [9.17, 15) is 9.59 Å². The van der Waals surface area contributed by atoms with E-state index in [1.165, 1.54) is 18.4 Å². The van der Waals surface area contributed by atoms with Crippen molar-refractivity contribution in [1.29, 1.82) is 0 Å². The van der Waals surface area contributed by atoms with Gasteiger partial charge in [-0.15, -0.1) is 11.3 Å². The number of thiophene rings is 1. The summed E-state index contributed by atoms with van der Waals surface area (Å²) in [6, 6.07) is 3.89. The van der Waals surface area contributed by atoms with E-state index >= 15 is 0 Å². The van der Waals surface area contributed by atoms with Gasteiger partial charge in [0.2, 0.25) is 0 Å². The van der Waals surface area contributed by atoms with E-state index in [2.05, 4.69) is 21.2 Å². The van der Waals surface area contributed by atoms with Gasteiger partial charge in [-0.25, -0.2) is 4.79 Å². The highest BCUT2D eigenvalue weighted by atomic mass is 79.9. The first-order valence-corrected chi connectivity index (χ1v) is 9.94. The molecule has 1 aliphatic rings. The summed E-state index contributed by atoms with van der Waals surface area (Å²) in [6.07, 6.45) is 2.82. The summed E-state index contributed by atoms with van der Waals surface area (Å²) in [5.74, 6) is 0.00206. The number of methoxy groups -OCH3 is 1. The highest BCUT2D eigenvalue weighted by Crippen LogP contribution is 2.39. The molecule has 1 N–H and O–H groups in total. The monoisotopic (exact) mass is 437 g/mol. The summed E-state index contributed by atoms with van der Waals surface area (Å²) < 4.78 is 11.6. The van der Waals surface area contributed by atoms with Crippen molar-refractivity contribution in [2.75, 3.05) is 19.0 Å². The summed E-state index contributed by atoms with van der Waals surface area (Å²) in [7, 11) is 1.36. The number of esters is 1. The lowest BCUT2D eigenvalue weighted by atomic mass is 10.1. The van der Waals surface area contributed by atoms with Crippen LogP contribution in [0.25, 0.3) is 0 Å². The van der Waals surface area contributed by atoms with Crippen molar-refractivity contribution >= 4 is 44.1 Å². The van der Waals surface area contributed by atoms with Gasteiger partial charge in [0.15, 0.2) is 6.61 Å². The van der Waals surface area contributed by atoms with Crippen LogP contribution in [0.15, 0.2) is 16.6 Å². The summed E-state index contributed by atoms with van der Waals surface area (Å²) in [5, 5.41) is 3.38. The summed E-state index contributed by atoms with van der Waals surface area (Å²) >= 11 is 4.90. The van der Waals surface area contributed by atoms with Crippen LogP contribution in [0.2, 0.25) is 0 Å². The zero-order valence-electron chi connectivity index (χ0n) is 14.9. The van der Waals surface area contributed by atoms with E-state index < -0.39 is 5.97 Å². The van der Waals surface area contributed by atoms with Crippen LogP contribution in [0, 0.1) is 13.8 Å². The lowest BCUT2D eigenvalue weighted by Crippen LogP contribution is -2.21. The predicted molar refractivity (Wildman–Crippen MR) is 105 cm³/mol. The highest BCUT2D eigenvalue weighted by Gasteiger charge is 2.28. The largest absolute Gasteiger partial charge is 0.483 e. The number of carbonyl (C=O) groups is 2. The van der Waals surface area contributed by atoms with Crippen molar-refractivity contribution in [3.63, 3.8) is 0 Å². The molecule has 0 bridgehead atoms. The Hall–Kier alpha value is -1.86. The van der Waals surface area contributed by atoms with E-state index in [1.807, 2.05) is 26.0 Å². The van der Waals surface area contributed by atoms with Crippen molar-refractivity contribution in [1.82, 2.24) is 0 Å². The number of ether oxygens (including phenoxy) is 2. The van der Waals surface area contributed by atoms with E-state index in [1.54, 1.807) is 0 Å². The first-order chi connectivity index (χ1) is 12.4. The van der Waals surface area contributed by atoms with Crippen LogP contribution in [0.5, 0.6) is 5.75 Å². The standard InChI is InChI=1S/C19H20BrNO4S/c1-10-7-12(20)8-11(2)17(10)25-9-15(22)21-18-16(19(23)24-3)13-5-4-6-14(13)26-18/h7-8H,4-6,9H2,1-3H3,(H,21,22). The van der Waals surface area contributed by atoms with Gasteiger partial charge in [0.1, 0.15) is 10.8 Å². The van der Waals surface area contributed by atoms with E-state index in [0.29, 0.717) is 16.3 Å². The number of nitrogens with one attached hydrogen (secondary N) is 1. The molecule has 26 heavy (non-hydrogen) atoms. The zero-order valence-corrected chi connectivity index (χ0v) is 17.3. The van der Waals surface area contributed by atoms with E-state index in [0.717, 1.165) is 45.3 Å². The molecule has 0 aliphatic heterocycles. The van der Waals surface area contributed by atoms with Crippen LogP contribution >= 0.6 is 27.3 Å². The Labute approximate surface area is 164 Å². The first-order valence-electron chi connectivity index (χ1n) is 8.33. The van der Waals surface area contributed by atoms with Gasteiger partial charge in [0.25, 0.3) is 5.91 Å². The van der Waals surface area contributed by atoms with Crippen molar-refractivity contribution in [3.8, 4) is 5.75 Å². The third-order valence-corrected chi connectivity index (χ3v) is 6.00. The molecule has 0 unspecified atom stereocenters. The maximum Gasteiger partial charge on any atom is 0.341 e. The lowest BCUT2D eigenvalue weighted by Gasteiger charge is -2.13. The first kappa shape index (κ1) is 18.9. The van der Waals surface area contributed by atoms with Crippen LogP contribution in [0.3, 0.4) is 0 Å². The average molecular weight is 438 g/mol. The van der Waals surface area contributed by atoms with Crippen molar-refractivity contribution in [2.24, 2.45) is 0 Å². The molecule has 1 aliphatic carbocycles. The molecule has 0 radical (unpaired) electrons. The van der Waals surface area contributed by atoms with Gasteiger partial charge in [-0.2, -0.15) is 0 Å². The summed E-state index contributed by atoms with van der Waals surface area (Å²) in [4.78, 5) is 25.7. The van der Waals surface area contributed by atoms with Gasteiger partial charge >= 0.3 is 5.97 Å². The number of amides is 1. The fourth-order valence-electron chi connectivity index (χ4n) is 3.24. The second-order valence-electron chi connectivity index (χ2n) is 6.26. The van der Waals surface area contributed by atoms with Gasteiger partial charge in [-0.05, 0) is 61.9 Å². The minimum absolute atomic E-state index is 0.119. The SMILES string of the molecule is COC(=O)c1c(NC(=O)COc2c(C)cc(Br)cc2C)sc2c1CCC2. The molecule has 5 nitrogen and oxygen atoms in total. The van der Waals surface area contributed by atoms with E-state index in [-0.39, 0.29) is 12.5 Å². The van der Waals surface area contributed by atoms with Crippen molar-refractivity contribution in [2.45, 2.75) is 33.1 Å². The Morgan fingerprint density at radius 3 is 2.58 bits per heavy atom. The van der Waals surface area contributed by atoms with Gasteiger partial charge < -0.3 is 14.8 Å². The van der Waals surface area contributed by atoms with Crippen LogP contribution in [-0.4, -0.2) is 25.6 Å². The minimum Gasteiger partial charge on any atom is -0.483 e. The Kier molecular flexibility index (Phi) is 5.67. The molecule has 2 aromatic rings. The number of halogens is 1. The Morgan fingerprint density at radius 2 is 1.92 bits per heavy atom.